The number of aromatic nitrogens is 2. The molecule has 35 heavy (non-hydrogen) atoms. The Bertz CT molecular complexity index is 1270. The number of carbonyl (C=O) groups is 1. The van der Waals surface area contributed by atoms with Gasteiger partial charge in [0.05, 0.1) is 12.0 Å². The summed E-state index contributed by atoms with van der Waals surface area (Å²) in [6.07, 6.45) is 8.11. The van der Waals surface area contributed by atoms with E-state index in [0.29, 0.717) is 11.8 Å². The molecule has 1 atom stereocenters. The second kappa shape index (κ2) is 10.3. The predicted octanol–water partition coefficient (Wildman–Crippen LogP) is 6.82. The first-order valence-electron chi connectivity index (χ1n) is 12.4. The van der Waals surface area contributed by atoms with Crippen molar-refractivity contribution < 1.29 is 13.6 Å². The van der Waals surface area contributed by atoms with Crippen LogP contribution in [-0.2, 0) is 6.42 Å². The van der Waals surface area contributed by atoms with Crippen LogP contribution in [0.1, 0.15) is 61.2 Å². The Morgan fingerprint density at radius 1 is 1.09 bits per heavy atom. The normalized spacial score (nSPS) is 14.8. The van der Waals surface area contributed by atoms with E-state index in [9.17, 15) is 9.18 Å². The molecule has 0 bridgehead atoms. The van der Waals surface area contributed by atoms with E-state index in [1.54, 1.807) is 18.2 Å². The topological polar surface area (TPSA) is 60.1 Å². The number of nitrogens with zero attached hydrogens (tertiary/aromatic N) is 2. The van der Waals surface area contributed by atoms with Gasteiger partial charge in [-0.25, -0.2) is 9.37 Å². The number of furan rings is 1. The van der Waals surface area contributed by atoms with Crippen molar-refractivity contribution in [3.8, 4) is 22.7 Å². The molecule has 1 saturated carbocycles. The van der Waals surface area contributed by atoms with Crippen LogP contribution in [0.2, 0.25) is 0 Å². The van der Waals surface area contributed by atoms with Gasteiger partial charge in [0.1, 0.15) is 11.5 Å². The zero-order valence-corrected chi connectivity index (χ0v) is 19.9. The second-order valence-electron chi connectivity index (χ2n) is 9.36. The van der Waals surface area contributed by atoms with Gasteiger partial charge in [-0.15, -0.1) is 0 Å². The van der Waals surface area contributed by atoms with E-state index in [1.165, 1.54) is 30.5 Å². The molecule has 1 aliphatic rings. The maximum Gasteiger partial charge on any atom is 0.287 e. The molecular weight excluding hydrogens is 441 g/mol. The van der Waals surface area contributed by atoms with E-state index in [0.717, 1.165) is 42.6 Å². The zero-order chi connectivity index (χ0) is 24.2. The molecule has 1 aliphatic carbocycles. The number of carbonyl (C=O) groups excluding carboxylic acids is 1. The van der Waals surface area contributed by atoms with E-state index >= 15 is 0 Å². The Balaban J connectivity index is 1.36. The maximum absolute atomic E-state index is 13.5. The van der Waals surface area contributed by atoms with Crippen LogP contribution in [0.3, 0.4) is 0 Å². The maximum atomic E-state index is 13.5. The third kappa shape index (κ3) is 5.21. The van der Waals surface area contributed by atoms with Crippen LogP contribution in [-0.4, -0.2) is 21.5 Å². The van der Waals surface area contributed by atoms with Crippen molar-refractivity contribution in [1.82, 2.24) is 14.9 Å². The molecule has 2 aromatic heterocycles. The molecule has 180 valence electrons. The molecule has 5 rings (SSSR count). The summed E-state index contributed by atoms with van der Waals surface area (Å²) in [4.78, 5) is 17.6. The fourth-order valence-electron chi connectivity index (χ4n) is 4.87. The SMILES string of the molecule is CC(CCc1ccccc1)NC(=O)c1ccc(-c2c(-c3ccc(F)cc3)ncn2C2CCCC2)o1. The van der Waals surface area contributed by atoms with Crippen LogP contribution < -0.4 is 5.32 Å². The highest BCUT2D eigenvalue weighted by atomic mass is 19.1. The van der Waals surface area contributed by atoms with Crippen LogP contribution >= 0.6 is 0 Å². The van der Waals surface area contributed by atoms with Crippen molar-refractivity contribution in [2.24, 2.45) is 0 Å². The Kier molecular flexibility index (Phi) is 6.80. The summed E-state index contributed by atoms with van der Waals surface area (Å²) in [6, 6.07) is 20.5. The van der Waals surface area contributed by atoms with Crippen LogP contribution in [0.25, 0.3) is 22.7 Å². The first-order valence-corrected chi connectivity index (χ1v) is 12.4. The van der Waals surface area contributed by atoms with Crippen molar-refractivity contribution in [3.63, 3.8) is 0 Å². The van der Waals surface area contributed by atoms with Gasteiger partial charge in [0.2, 0.25) is 0 Å². The minimum absolute atomic E-state index is 0.00930. The largest absolute Gasteiger partial charge is 0.449 e. The van der Waals surface area contributed by atoms with Gasteiger partial charge in [0.15, 0.2) is 11.5 Å². The van der Waals surface area contributed by atoms with Gasteiger partial charge in [-0.1, -0.05) is 43.2 Å². The number of hydrogen-bond acceptors (Lipinski definition) is 3. The minimum Gasteiger partial charge on any atom is -0.449 e. The smallest absolute Gasteiger partial charge is 0.287 e. The van der Waals surface area contributed by atoms with E-state index in [4.69, 9.17) is 4.42 Å². The molecule has 1 N–H and O–H groups in total. The van der Waals surface area contributed by atoms with Crippen molar-refractivity contribution >= 4 is 5.91 Å². The fourth-order valence-corrected chi connectivity index (χ4v) is 4.87. The van der Waals surface area contributed by atoms with Gasteiger partial charge in [-0.05, 0) is 74.6 Å². The number of aryl methyl sites for hydroxylation is 1. The van der Waals surface area contributed by atoms with E-state index in [2.05, 4.69) is 27.0 Å². The zero-order valence-electron chi connectivity index (χ0n) is 19.9. The molecule has 2 aromatic carbocycles. The molecule has 1 unspecified atom stereocenters. The Morgan fingerprint density at radius 3 is 2.57 bits per heavy atom. The van der Waals surface area contributed by atoms with Crippen LogP contribution in [0.4, 0.5) is 4.39 Å². The molecule has 5 nitrogen and oxygen atoms in total. The van der Waals surface area contributed by atoms with Crippen LogP contribution in [0.15, 0.2) is 77.5 Å². The van der Waals surface area contributed by atoms with Gasteiger partial charge in [-0.2, -0.15) is 0 Å². The summed E-state index contributed by atoms with van der Waals surface area (Å²) in [6.45, 7) is 2.01. The molecule has 1 amide bonds. The molecule has 6 heteroatoms. The number of rotatable bonds is 8. The summed E-state index contributed by atoms with van der Waals surface area (Å²) in [5.41, 5.74) is 3.63. The molecule has 0 spiro atoms. The summed E-state index contributed by atoms with van der Waals surface area (Å²) in [5, 5.41) is 3.05. The van der Waals surface area contributed by atoms with Crippen molar-refractivity contribution in [2.75, 3.05) is 0 Å². The molecule has 1 fully saturated rings. The Morgan fingerprint density at radius 2 is 1.83 bits per heavy atom. The predicted molar refractivity (Wildman–Crippen MR) is 135 cm³/mol. The van der Waals surface area contributed by atoms with Gasteiger partial charge in [0, 0.05) is 17.6 Å². The van der Waals surface area contributed by atoms with Crippen molar-refractivity contribution in [1.29, 1.82) is 0 Å². The van der Waals surface area contributed by atoms with Crippen LogP contribution in [0.5, 0.6) is 0 Å². The highest BCUT2D eigenvalue weighted by Crippen LogP contribution is 2.39. The number of imidazole rings is 1. The monoisotopic (exact) mass is 471 g/mol. The van der Waals surface area contributed by atoms with Gasteiger partial charge < -0.3 is 14.3 Å². The van der Waals surface area contributed by atoms with Crippen molar-refractivity contribution in [3.05, 3.63) is 90.2 Å². The second-order valence-corrected chi connectivity index (χ2v) is 9.36. The van der Waals surface area contributed by atoms with Gasteiger partial charge in [0.25, 0.3) is 5.91 Å². The summed E-state index contributed by atoms with van der Waals surface area (Å²) in [5.74, 6) is 0.350. The summed E-state index contributed by atoms with van der Waals surface area (Å²) in [7, 11) is 0. The number of benzene rings is 2. The molecule has 0 saturated heterocycles. The lowest BCUT2D eigenvalue weighted by Crippen LogP contribution is -2.32. The number of amides is 1. The quantitative estimate of drug-likeness (QED) is 0.307. The standard InChI is InChI=1S/C29H30FN3O2/c1-20(11-12-21-7-3-2-4-8-21)32-29(34)26-18-17-25(35-26)28-27(22-13-15-23(30)16-14-22)31-19-33(28)24-9-5-6-10-24/h2-4,7-8,13-20,24H,5-6,9-12H2,1H3,(H,32,34). The summed E-state index contributed by atoms with van der Waals surface area (Å²) >= 11 is 0. The van der Waals surface area contributed by atoms with E-state index in [1.807, 2.05) is 37.5 Å². The third-order valence-corrected chi connectivity index (χ3v) is 6.78. The van der Waals surface area contributed by atoms with E-state index in [-0.39, 0.29) is 23.5 Å². The van der Waals surface area contributed by atoms with Gasteiger partial charge in [-0.3, -0.25) is 4.79 Å². The Labute approximate surface area is 205 Å². The third-order valence-electron chi connectivity index (χ3n) is 6.78. The Hall–Kier alpha value is -3.67. The lowest BCUT2D eigenvalue weighted by atomic mass is 10.1. The fraction of sp³-hybridized carbons (Fsp3) is 0.310. The lowest BCUT2D eigenvalue weighted by molar-refractivity contribution is 0.0911. The molecule has 2 heterocycles. The summed E-state index contributed by atoms with van der Waals surface area (Å²) < 4.78 is 21.8. The van der Waals surface area contributed by atoms with Gasteiger partial charge >= 0.3 is 0 Å². The molecule has 4 aromatic rings. The molecular formula is C29H30FN3O2. The molecule has 0 radical (unpaired) electrons. The number of nitrogens with one attached hydrogen (secondary N) is 1. The highest BCUT2D eigenvalue weighted by molar-refractivity contribution is 5.92. The molecule has 0 aliphatic heterocycles. The number of hydrogen-bond donors (Lipinski definition) is 1. The lowest BCUT2D eigenvalue weighted by Gasteiger charge is -2.15. The van der Waals surface area contributed by atoms with E-state index < -0.39 is 0 Å². The average Bonchev–Trinajstić information content (AvgIpc) is 3.64. The van der Waals surface area contributed by atoms with Crippen molar-refractivity contribution in [2.45, 2.75) is 57.5 Å². The first-order chi connectivity index (χ1) is 17.1. The number of halogens is 1. The average molecular weight is 472 g/mol. The first kappa shape index (κ1) is 23.1. The minimum atomic E-state index is -0.288. The van der Waals surface area contributed by atoms with Crippen LogP contribution in [0, 0.1) is 5.82 Å². The highest BCUT2D eigenvalue weighted by Gasteiger charge is 2.26.